The summed E-state index contributed by atoms with van der Waals surface area (Å²) < 4.78 is 5.25. The molecule has 11 heteroatoms. The molecule has 3 aromatic rings. The molecule has 0 atom stereocenters. The van der Waals surface area contributed by atoms with Crippen LogP contribution in [-0.2, 0) is 13.1 Å². The van der Waals surface area contributed by atoms with Crippen LogP contribution in [-0.4, -0.2) is 73.3 Å². The van der Waals surface area contributed by atoms with Crippen molar-refractivity contribution in [3.8, 4) is 5.75 Å². The average molecular weight is 602 g/mol. The van der Waals surface area contributed by atoms with Crippen LogP contribution in [0.4, 0.5) is 28.1 Å². The van der Waals surface area contributed by atoms with Crippen molar-refractivity contribution in [1.29, 1.82) is 0 Å². The number of hydrogen-bond donors (Lipinski definition) is 5. The third kappa shape index (κ3) is 9.45. The number of rotatable bonds is 13. The molecule has 11 nitrogen and oxygen atoms in total. The molecule has 44 heavy (non-hydrogen) atoms. The van der Waals surface area contributed by atoms with E-state index in [2.05, 4.69) is 55.4 Å². The Morgan fingerprint density at radius 2 is 1.68 bits per heavy atom. The SMILES string of the molecule is COc1cccc(NC(=O)N2CCN(c3cc(N)nc(NCc4ccc(CNCCCNC5CCCCC5)cc4)n3)CC2)c1. The zero-order valence-corrected chi connectivity index (χ0v) is 25.9. The van der Waals surface area contributed by atoms with Crippen LogP contribution in [0, 0.1) is 0 Å². The second kappa shape index (κ2) is 16.1. The molecule has 1 aliphatic carbocycles. The lowest BCUT2D eigenvalue weighted by molar-refractivity contribution is 0.208. The monoisotopic (exact) mass is 601 g/mol. The second-order valence-electron chi connectivity index (χ2n) is 11.6. The van der Waals surface area contributed by atoms with Crippen molar-refractivity contribution < 1.29 is 9.53 Å². The zero-order valence-electron chi connectivity index (χ0n) is 25.9. The van der Waals surface area contributed by atoms with Crippen LogP contribution in [0.15, 0.2) is 54.6 Å². The Balaban J connectivity index is 1.02. The van der Waals surface area contributed by atoms with Crippen LogP contribution in [0.1, 0.15) is 49.7 Å². The number of nitrogens with two attached hydrogens (primary N) is 1. The first-order chi connectivity index (χ1) is 21.6. The number of ether oxygens (including phenoxy) is 1. The molecule has 0 radical (unpaired) electrons. The van der Waals surface area contributed by atoms with Crippen molar-refractivity contribution in [3.63, 3.8) is 0 Å². The van der Waals surface area contributed by atoms with Gasteiger partial charge in [0.15, 0.2) is 0 Å². The second-order valence-corrected chi connectivity index (χ2v) is 11.6. The number of nitrogens with zero attached hydrogens (tertiary/aromatic N) is 4. The summed E-state index contributed by atoms with van der Waals surface area (Å²) in [7, 11) is 1.61. The van der Waals surface area contributed by atoms with E-state index < -0.39 is 0 Å². The number of carbonyl (C=O) groups is 1. The van der Waals surface area contributed by atoms with E-state index in [1.807, 2.05) is 18.2 Å². The van der Waals surface area contributed by atoms with Crippen LogP contribution >= 0.6 is 0 Å². The Morgan fingerprint density at radius 3 is 2.43 bits per heavy atom. The summed E-state index contributed by atoms with van der Waals surface area (Å²) >= 11 is 0. The molecular formula is C33H47N9O2. The largest absolute Gasteiger partial charge is 0.497 e. The van der Waals surface area contributed by atoms with Crippen molar-refractivity contribution >= 4 is 29.3 Å². The lowest BCUT2D eigenvalue weighted by atomic mass is 9.95. The van der Waals surface area contributed by atoms with Gasteiger partial charge >= 0.3 is 6.03 Å². The standard InChI is InChI=1S/C33H47N9O2/c1-44-29-10-5-9-28(21-29)38-33(43)42-19-17-41(18-20-42)31-22-30(34)39-32(40-31)37-24-26-13-11-25(12-14-26)23-35-15-6-16-36-27-7-3-2-4-8-27/h5,9-14,21-22,27,35-36H,2-4,6-8,15-20,23-24H2,1H3,(H,38,43)(H3,34,37,39,40). The molecule has 0 bridgehead atoms. The molecule has 1 aliphatic heterocycles. The van der Waals surface area contributed by atoms with E-state index in [9.17, 15) is 4.79 Å². The van der Waals surface area contributed by atoms with E-state index in [1.165, 1.54) is 37.7 Å². The maximum absolute atomic E-state index is 12.8. The van der Waals surface area contributed by atoms with E-state index in [-0.39, 0.29) is 6.03 Å². The highest BCUT2D eigenvalue weighted by atomic mass is 16.5. The number of urea groups is 1. The zero-order chi connectivity index (χ0) is 30.6. The van der Waals surface area contributed by atoms with E-state index in [0.717, 1.165) is 43.5 Å². The van der Waals surface area contributed by atoms with Crippen molar-refractivity contribution in [2.45, 2.75) is 57.7 Å². The normalized spacial score (nSPS) is 15.7. The fourth-order valence-electron chi connectivity index (χ4n) is 5.75. The van der Waals surface area contributed by atoms with Crippen molar-refractivity contribution in [1.82, 2.24) is 25.5 Å². The quantitative estimate of drug-likeness (QED) is 0.180. The number of hydrogen-bond acceptors (Lipinski definition) is 9. The number of anilines is 4. The molecule has 0 spiro atoms. The summed E-state index contributed by atoms with van der Waals surface area (Å²) in [5.41, 5.74) is 9.26. The molecule has 2 fully saturated rings. The first kappa shape index (κ1) is 31.3. The topological polar surface area (TPSA) is 133 Å². The van der Waals surface area contributed by atoms with Gasteiger partial charge in [0, 0.05) is 63.1 Å². The van der Waals surface area contributed by atoms with Gasteiger partial charge in [0.25, 0.3) is 0 Å². The highest BCUT2D eigenvalue weighted by Crippen LogP contribution is 2.21. The fourth-order valence-corrected chi connectivity index (χ4v) is 5.75. The van der Waals surface area contributed by atoms with Gasteiger partial charge in [-0.15, -0.1) is 0 Å². The van der Waals surface area contributed by atoms with E-state index in [4.69, 9.17) is 15.5 Å². The maximum Gasteiger partial charge on any atom is 0.321 e. The van der Waals surface area contributed by atoms with E-state index >= 15 is 0 Å². The molecule has 2 amide bonds. The highest BCUT2D eigenvalue weighted by molar-refractivity contribution is 5.89. The molecule has 1 saturated carbocycles. The number of piperazine rings is 1. The molecule has 2 aromatic carbocycles. The number of nitrogen functional groups attached to an aromatic ring is 1. The van der Waals surface area contributed by atoms with Gasteiger partial charge in [0.1, 0.15) is 17.4 Å². The third-order valence-electron chi connectivity index (χ3n) is 8.32. The van der Waals surface area contributed by atoms with Gasteiger partial charge in [-0.1, -0.05) is 49.6 Å². The predicted octanol–water partition coefficient (Wildman–Crippen LogP) is 4.44. The number of benzene rings is 2. The van der Waals surface area contributed by atoms with Gasteiger partial charge < -0.3 is 41.5 Å². The smallest absolute Gasteiger partial charge is 0.321 e. The molecule has 1 saturated heterocycles. The highest BCUT2D eigenvalue weighted by Gasteiger charge is 2.23. The minimum atomic E-state index is -0.133. The molecule has 5 rings (SSSR count). The summed E-state index contributed by atoms with van der Waals surface area (Å²) in [5, 5.41) is 13.5. The Labute approximate surface area is 261 Å². The Hall–Kier alpha value is -4.09. The molecule has 0 unspecified atom stereocenters. The first-order valence-corrected chi connectivity index (χ1v) is 15.9. The number of carbonyl (C=O) groups excluding carboxylic acids is 1. The van der Waals surface area contributed by atoms with Crippen LogP contribution < -0.4 is 36.6 Å². The lowest BCUT2D eigenvalue weighted by Gasteiger charge is -2.35. The molecule has 2 aliphatic rings. The Morgan fingerprint density at radius 1 is 0.932 bits per heavy atom. The Bertz CT molecular complexity index is 1320. The number of amides is 2. The number of nitrogens with one attached hydrogen (secondary N) is 4. The molecule has 2 heterocycles. The molecule has 6 N–H and O–H groups in total. The molecule has 1 aromatic heterocycles. The van der Waals surface area contributed by atoms with Gasteiger partial charge in [-0.3, -0.25) is 0 Å². The lowest BCUT2D eigenvalue weighted by Crippen LogP contribution is -2.50. The summed E-state index contributed by atoms with van der Waals surface area (Å²) in [6.07, 6.45) is 7.98. The van der Waals surface area contributed by atoms with Crippen LogP contribution in [0.3, 0.4) is 0 Å². The summed E-state index contributed by atoms with van der Waals surface area (Å²) in [4.78, 5) is 25.8. The van der Waals surface area contributed by atoms with Gasteiger partial charge in [0.2, 0.25) is 5.95 Å². The minimum absolute atomic E-state index is 0.133. The van der Waals surface area contributed by atoms with Gasteiger partial charge in [-0.25, -0.2) is 4.79 Å². The van der Waals surface area contributed by atoms with E-state index in [0.29, 0.717) is 55.9 Å². The summed E-state index contributed by atoms with van der Waals surface area (Å²) in [6.45, 7) is 6.01. The van der Waals surface area contributed by atoms with Crippen LogP contribution in [0.25, 0.3) is 0 Å². The van der Waals surface area contributed by atoms with E-state index in [1.54, 1.807) is 24.1 Å². The van der Waals surface area contributed by atoms with Crippen molar-refractivity contribution in [2.75, 3.05) is 67.6 Å². The van der Waals surface area contributed by atoms with Crippen LogP contribution in [0.2, 0.25) is 0 Å². The molecule has 236 valence electrons. The van der Waals surface area contributed by atoms with Crippen molar-refractivity contribution in [3.05, 3.63) is 65.7 Å². The van der Waals surface area contributed by atoms with Gasteiger partial charge in [-0.2, -0.15) is 9.97 Å². The maximum atomic E-state index is 12.8. The molecular weight excluding hydrogens is 554 g/mol. The number of methoxy groups -OCH3 is 1. The fraction of sp³-hybridized carbons (Fsp3) is 0.485. The first-order valence-electron chi connectivity index (χ1n) is 15.9. The van der Waals surface area contributed by atoms with Crippen molar-refractivity contribution in [2.24, 2.45) is 0 Å². The van der Waals surface area contributed by atoms with Gasteiger partial charge in [0.05, 0.1) is 7.11 Å². The summed E-state index contributed by atoms with van der Waals surface area (Å²) in [6, 6.07) is 18.3. The Kier molecular flexibility index (Phi) is 11.5. The average Bonchev–Trinajstić information content (AvgIpc) is 3.06. The number of aromatic nitrogens is 2. The minimum Gasteiger partial charge on any atom is -0.497 e. The third-order valence-corrected chi connectivity index (χ3v) is 8.32. The summed E-state index contributed by atoms with van der Waals surface area (Å²) in [5.74, 6) is 2.35. The van der Waals surface area contributed by atoms with Gasteiger partial charge in [-0.05, 0) is 55.6 Å². The predicted molar refractivity (Wildman–Crippen MR) is 177 cm³/mol. The van der Waals surface area contributed by atoms with Crippen LogP contribution in [0.5, 0.6) is 5.75 Å².